The zero-order chi connectivity index (χ0) is 29.5. The summed E-state index contributed by atoms with van der Waals surface area (Å²) in [7, 11) is 4.08. The topological polar surface area (TPSA) is 111 Å². The van der Waals surface area contributed by atoms with Crippen LogP contribution in [0.4, 0.5) is 0 Å². The third-order valence-corrected chi connectivity index (χ3v) is 8.73. The Bertz CT molecular complexity index is 1090. The van der Waals surface area contributed by atoms with Gasteiger partial charge in [-0.2, -0.15) is 0 Å². The Morgan fingerprint density at radius 1 is 1.02 bits per heavy atom. The molecule has 226 valence electrons. The standard InChI is InChI=1S/C31H46N4O6/c1-4-5-15-33(16-7-6-14-32(2)3)29(38)21-34-20-24(22-8-9-26-23(19-22)13-18-41-26)30(31(39)40)25(34)12-17-35-27(36)10-11-28(35)37/h8-9,19,24-25,30H,4-7,10-18,20-21H2,1-3H3,(H,39,40). The number of imide groups is 1. The second-order valence-corrected chi connectivity index (χ2v) is 11.9. The zero-order valence-corrected chi connectivity index (χ0v) is 24.8. The van der Waals surface area contributed by atoms with E-state index in [1.807, 2.05) is 36.0 Å². The molecule has 0 aromatic heterocycles. The highest BCUT2D eigenvalue weighted by Gasteiger charge is 2.47. The molecule has 3 atom stereocenters. The number of carbonyl (C=O) groups excluding carboxylic acids is 3. The number of carboxylic acid groups (broad SMARTS) is 1. The highest BCUT2D eigenvalue weighted by atomic mass is 16.5. The van der Waals surface area contributed by atoms with E-state index >= 15 is 0 Å². The van der Waals surface area contributed by atoms with Crippen LogP contribution < -0.4 is 4.74 Å². The summed E-state index contributed by atoms with van der Waals surface area (Å²) < 4.78 is 5.66. The van der Waals surface area contributed by atoms with Gasteiger partial charge in [-0.3, -0.25) is 29.0 Å². The van der Waals surface area contributed by atoms with Gasteiger partial charge in [-0.1, -0.05) is 25.5 Å². The first-order valence-electron chi connectivity index (χ1n) is 15.2. The molecule has 3 unspecified atom stereocenters. The summed E-state index contributed by atoms with van der Waals surface area (Å²) in [6.07, 6.45) is 5.33. The molecule has 41 heavy (non-hydrogen) atoms. The average molecular weight is 571 g/mol. The lowest BCUT2D eigenvalue weighted by Crippen LogP contribution is -2.46. The Balaban J connectivity index is 1.55. The monoisotopic (exact) mass is 570 g/mol. The van der Waals surface area contributed by atoms with Crippen LogP contribution in [0.5, 0.6) is 5.75 Å². The van der Waals surface area contributed by atoms with Crippen molar-refractivity contribution in [1.29, 1.82) is 0 Å². The van der Waals surface area contributed by atoms with E-state index in [9.17, 15) is 24.3 Å². The molecular weight excluding hydrogens is 524 g/mol. The summed E-state index contributed by atoms with van der Waals surface area (Å²) in [5.41, 5.74) is 2.01. The van der Waals surface area contributed by atoms with E-state index in [0.717, 1.165) is 55.5 Å². The third kappa shape index (κ3) is 7.65. The molecule has 2 fully saturated rings. The van der Waals surface area contributed by atoms with Crippen LogP contribution in [0.2, 0.25) is 0 Å². The van der Waals surface area contributed by atoms with Gasteiger partial charge in [-0.05, 0) is 63.5 Å². The molecule has 2 saturated heterocycles. The number of carbonyl (C=O) groups is 4. The summed E-state index contributed by atoms with van der Waals surface area (Å²) in [6, 6.07) is 5.44. The second-order valence-electron chi connectivity index (χ2n) is 11.9. The number of likely N-dealkylation sites (tertiary alicyclic amines) is 2. The molecule has 3 aliphatic heterocycles. The van der Waals surface area contributed by atoms with Crippen molar-refractivity contribution in [3.63, 3.8) is 0 Å². The minimum atomic E-state index is -0.919. The van der Waals surface area contributed by atoms with Crippen LogP contribution in [0.3, 0.4) is 0 Å². The predicted molar refractivity (Wildman–Crippen MR) is 155 cm³/mol. The first kappa shape index (κ1) is 31.0. The Morgan fingerprint density at radius 2 is 1.73 bits per heavy atom. The first-order chi connectivity index (χ1) is 19.7. The Hall–Kier alpha value is -2.98. The van der Waals surface area contributed by atoms with Crippen LogP contribution in [-0.4, -0.2) is 114 Å². The zero-order valence-electron chi connectivity index (χ0n) is 24.8. The van der Waals surface area contributed by atoms with Gasteiger partial charge in [0.05, 0.1) is 19.1 Å². The molecule has 3 amide bonds. The minimum absolute atomic E-state index is 0.00812. The highest BCUT2D eigenvalue weighted by molar-refractivity contribution is 6.01. The molecule has 1 N–H and O–H groups in total. The largest absolute Gasteiger partial charge is 0.493 e. The molecule has 3 heterocycles. The number of aliphatic carboxylic acids is 1. The molecule has 0 bridgehead atoms. The van der Waals surface area contributed by atoms with Crippen LogP contribution in [0.1, 0.15) is 68.9 Å². The number of hydrogen-bond acceptors (Lipinski definition) is 7. The molecule has 0 spiro atoms. The van der Waals surface area contributed by atoms with Crippen LogP contribution in [0.25, 0.3) is 0 Å². The number of ether oxygens (including phenoxy) is 1. The number of benzene rings is 1. The van der Waals surface area contributed by atoms with Crippen LogP contribution in [0.15, 0.2) is 18.2 Å². The molecular formula is C31H46N4O6. The van der Waals surface area contributed by atoms with E-state index in [-0.39, 0.29) is 49.6 Å². The molecule has 0 saturated carbocycles. The van der Waals surface area contributed by atoms with Crippen molar-refractivity contribution in [3.8, 4) is 5.75 Å². The van der Waals surface area contributed by atoms with Crippen LogP contribution >= 0.6 is 0 Å². The van der Waals surface area contributed by atoms with Crippen molar-refractivity contribution in [1.82, 2.24) is 19.6 Å². The third-order valence-electron chi connectivity index (χ3n) is 8.73. The number of amides is 3. The van der Waals surface area contributed by atoms with Gasteiger partial charge in [0.2, 0.25) is 17.7 Å². The molecule has 1 aromatic rings. The van der Waals surface area contributed by atoms with Crippen LogP contribution in [0, 0.1) is 5.92 Å². The fourth-order valence-corrected chi connectivity index (χ4v) is 6.48. The predicted octanol–water partition coefficient (Wildman–Crippen LogP) is 2.60. The quantitative estimate of drug-likeness (QED) is 0.253. The summed E-state index contributed by atoms with van der Waals surface area (Å²) >= 11 is 0. The summed E-state index contributed by atoms with van der Waals surface area (Å²) in [5.74, 6) is -1.56. The van der Waals surface area contributed by atoms with Crippen LogP contribution in [-0.2, 0) is 25.6 Å². The van der Waals surface area contributed by atoms with Crippen molar-refractivity contribution < 1.29 is 29.0 Å². The summed E-state index contributed by atoms with van der Waals surface area (Å²) in [4.78, 5) is 58.5. The molecule has 0 radical (unpaired) electrons. The summed E-state index contributed by atoms with van der Waals surface area (Å²) in [5, 5.41) is 10.5. The minimum Gasteiger partial charge on any atom is -0.493 e. The lowest BCUT2D eigenvalue weighted by Gasteiger charge is -2.30. The molecule has 10 nitrogen and oxygen atoms in total. The van der Waals surface area contributed by atoms with Gasteiger partial charge in [0.15, 0.2) is 0 Å². The number of carboxylic acids is 1. The van der Waals surface area contributed by atoms with E-state index in [0.29, 0.717) is 32.7 Å². The maximum atomic E-state index is 13.7. The van der Waals surface area contributed by atoms with E-state index in [1.54, 1.807) is 0 Å². The van der Waals surface area contributed by atoms with Gasteiger partial charge in [-0.25, -0.2) is 0 Å². The van der Waals surface area contributed by atoms with Gasteiger partial charge in [0, 0.05) is 57.4 Å². The number of nitrogens with zero attached hydrogens (tertiary/aromatic N) is 4. The summed E-state index contributed by atoms with van der Waals surface area (Å²) in [6.45, 7) is 5.78. The smallest absolute Gasteiger partial charge is 0.308 e. The average Bonchev–Trinajstić information content (AvgIpc) is 3.63. The van der Waals surface area contributed by atoms with Crippen molar-refractivity contribution >= 4 is 23.7 Å². The molecule has 0 aliphatic carbocycles. The van der Waals surface area contributed by atoms with E-state index in [4.69, 9.17) is 4.74 Å². The molecule has 10 heteroatoms. The molecule has 3 aliphatic rings. The van der Waals surface area contributed by atoms with Gasteiger partial charge < -0.3 is 19.6 Å². The fourth-order valence-electron chi connectivity index (χ4n) is 6.48. The van der Waals surface area contributed by atoms with Gasteiger partial charge >= 0.3 is 5.97 Å². The molecule has 4 rings (SSSR count). The SMILES string of the molecule is CCCCN(CCCCN(C)C)C(=O)CN1CC(c2ccc3c(c2)CCO3)C(C(=O)O)C1CCN1C(=O)CCC1=O. The maximum Gasteiger partial charge on any atom is 0.308 e. The van der Waals surface area contributed by atoms with Crippen molar-refractivity contribution in [2.75, 3.05) is 60.0 Å². The van der Waals surface area contributed by atoms with Crippen molar-refractivity contribution in [3.05, 3.63) is 29.3 Å². The number of unbranched alkanes of at least 4 members (excludes halogenated alkanes) is 2. The lowest BCUT2D eigenvalue weighted by molar-refractivity contribution is -0.144. The Kier molecular flexibility index (Phi) is 10.8. The number of fused-ring (bicyclic) bond motifs is 1. The lowest BCUT2D eigenvalue weighted by atomic mass is 9.83. The van der Waals surface area contributed by atoms with E-state index in [2.05, 4.69) is 17.9 Å². The molecule has 1 aromatic carbocycles. The number of rotatable bonds is 15. The Labute approximate surface area is 243 Å². The van der Waals surface area contributed by atoms with Gasteiger partial charge in [-0.15, -0.1) is 0 Å². The normalized spacial score (nSPS) is 22.4. The Morgan fingerprint density at radius 3 is 2.41 bits per heavy atom. The number of hydrogen-bond donors (Lipinski definition) is 1. The second kappa shape index (κ2) is 14.3. The van der Waals surface area contributed by atoms with Crippen molar-refractivity contribution in [2.45, 2.75) is 70.3 Å². The van der Waals surface area contributed by atoms with Gasteiger partial charge in [0.25, 0.3) is 0 Å². The maximum absolute atomic E-state index is 13.7. The van der Waals surface area contributed by atoms with Gasteiger partial charge in [0.1, 0.15) is 5.75 Å². The van der Waals surface area contributed by atoms with E-state index in [1.165, 1.54) is 4.90 Å². The first-order valence-corrected chi connectivity index (χ1v) is 15.2. The van der Waals surface area contributed by atoms with E-state index < -0.39 is 17.9 Å². The fraction of sp³-hybridized carbons (Fsp3) is 0.677. The van der Waals surface area contributed by atoms with Crippen molar-refractivity contribution in [2.24, 2.45) is 5.92 Å². The highest BCUT2D eigenvalue weighted by Crippen LogP contribution is 2.41.